The van der Waals surface area contributed by atoms with Crippen molar-refractivity contribution in [3.63, 3.8) is 0 Å². The fourth-order valence-electron chi connectivity index (χ4n) is 2.98. The second-order valence-corrected chi connectivity index (χ2v) is 9.40. The number of H-pyrrole nitrogens is 1. The molecule has 0 spiro atoms. The van der Waals surface area contributed by atoms with Crippen molar-refractivity contribution in [1.29, 1.82) is 0 Å². The normalized spacial score (nSPS) is 11.5. The average Bonchev–Trinajstić information content (AvgIpc) is 3.16. The Morgan fingerprint density at radius 2 is 1.67 bits per heavy atom. The Balaban J connectivity index is 1.47. The molecule has 0 saturated carbocycles. The molecule has 2 N–H and O–H groups in total. The van der Waals surface area contributed by atoms with Gasteiger partial charge in [-0.1, -0.05) is 35.3 Å². The summed E-state index contributed by atoms with van der Waals surface area (Å²) < 4.78 is 25.6. The highest BCUT2D eigenvalue weighted by molar-refractivity contribution is 7.91. The van der Waals surface area contributed by atoms with E-state index in [0.29, 0.717) is 5.69 Å². The smallest absolute Gasteiger partial charge is 0.267 e. The highest BCUT2D eigenvalue weighted by Crippen LogP contribution is 2.27. The van der Waals surface area contributed by atoms with E-state index in [1.807, 2.05) is 0 Å². The van der Waals surface area contributed by atoms with Crippen LogP contribution in [0.15, 0.2) is 76.8 Å². The Labute approximate surface area is 182 Å². The molecule has 0 radical (unpaired) electrons. The van der Waals surface area contributed by atoms with Crippen molar-refractivity contribution in [3.8, 4) is 0 Å². The molecular formula is C21H15Cl2N3O3S. The number of carbonyl (C=O) groups excluding carboxylic acids is 1. The molecule has 0 bridgehead atoms. The van der Waals surface area contributed by atoms with Crippen LogP contribution in [0.4, 0.5) is 0 Å². The van der Waals surface area contributed by atoms with Crippen LogP contribution in [0.3, 0.4) is 0 Å². The predicted molar refractivity (Wildman–Crippen MR) is 116 cm³/mol. The standard InChI is InChI=1S/C21H15Cl2N3O3S/c22-15-8-16(23)10-18(9-15)30(28,29)17-3-1-13(2-4-17)11-25-21(27)20-7-14-12-24-6-5-19(14)26-20/h1-10,12,26H,11H2,(H,25,27). The van der Waals surface area contributed by atoms with Gasteiger partial charge in [-0.05, 0) is 48.0 Å². The van der Waals surface area contributed by atoms with Crippen molar-refractivity contribution < 1.29 is 13.2 Å². The molecule has 0 atom stereocenters. The Morgan fingerprint density at radius 3 is 2.33 bits per heavy atom. The number of aromatic amines is 1. The Bertz CT molecular complexity index is 1300. The van der Waals surface area contributed by atoms with Crippen LogP contribution in [0.5, 0.6) is 0 Å². The van der Waals surface area contributed by atoms with Crippen LogP contribution in [-0.2, 0) is 16.4 Å². The van der Waals surface area contributed by atoms with E-state index in [1.54, 1.807) is 36.7 Å². The zero-order valence-electron chi connectivity index (χ0n) is 15.4. The summed E-state index contributed by atoms with van der Waals surface area (Å²) in [6.07, 6.45) is 3.32. The third-order valence-electron chi connectivity index (χ3n) is 4.50. The molecule has 4 aromatic rings. The number of sulfone groups is 1. The summed E-state index contributed by atoms with van der Waals surface area (Å²) in [4.78, 5) is 19.6. The van der Waals surface area contributed by atoms with Crippen molar-refractivity contribution in [2.75, 3.05) is 0 Å². The number of nitrogens with zero attached hydrogens (tertiary/aromatic N) is 1. The summed E-state index contributed by atoms with van der Waals surface area (Å²) in [6.45, 7) is 0.246. The number of rotatable bonds is 5. The van der Waals surface area contributed by atoms with Crippen molar-refractivity contribution >= 4 is 49.8 Å². The molecule has 0 saturated heterocycles. The van der Waals surface area contributed by atoms with E-state index in [0.717, 1.165) is 16.5 Å². The first-order valence-electron chi connectivity index (χ1n) is 8.84. The fraction of sp³-hybridized carbons (Fsp3) is 0.0476. The van der Waals surface area contributed by atoms with Gasteiger partial charge >= 0.3 is 0 Å². The first kappa shape index (κ1) is 20.4. The summed E-state index contributed by atoms with van der Waals surface area (Å²) in [7, 11) is -3.76. The van der Waals surface area contributed by atoms with Gasteiger partial charge in [-0.2, -0.15) is 0 Å². The van der Waals surface area contributed by atoms with Crippen LogP contribution in [0.25, 0.3) is 10.9 Å². The summed E-state index contributed by atoms with van der Waals surface area (Å²) in [5.41, 5.74) is 2.00. The fourth-order valence-corrected chi connectivity index (χ4v) is 4.96. The molecule has 30 heavy (non-hydrogen) atoms. The monoisotopic (exact) mass is 459 g/mol. The first-order chi connectivity index (χ1) is 14.3. The lowest BCUT2D eigenvalue weighted by atomic mass is 10.2. The maximum atomic E-state index is 12.8. The van der Waals surface area contributed by atoms with Gasteiger partial charge in [0.05, 0.1) is 9.79 Å². The molecule has 6 nitrogen and oxygen atoms in total. The summed E-state index contributed by atoms with van der Waals surface area (Å²) in [5.74, 6) is -0.267. The quantitative estimate of drug-likeness (QED) is 0.454. The minimum atomic E-state index is -3.76. The third kappa shape index (κ3) is 4.18. The SMILES string of the molecule is O=C(NCc1ccc(S(=O)(=O)c2cc(Cl)cc(Cl)c2)cc1)c1cc2cnccc2[nH]1. The van der Waals surface area contributed by atoms with Crippen LogP contribution >= 0.6 is 23.2 Å². The lowest BCUT2D eigenvalue weighted by molar-refractivity contribution is 0.0946. The van der Waals surface area contributed by atoms with Crippen LogP contribution in [0.1, 0.15) is 16.1 Å². The van der Waals surface area contributed by atoms with Gasteiger partial charge in [-0.15, -0.1) is 0 Å². The Morgan fingerprint density at radius 1 is 0.967 bits per heavy atom. The van der Waals surface area contributed by atoms with Crippen molar-refractivity contribution in [2.24, 2.45) is 0 Å². The molecule has 0 aliphatic heterocycles. The van der Waals surface area contributed by atoms with Crippen LogP contribution in [0.2, 0.25) is 10.0 Å². The first-order valence-corrected chi connectivity index (χ1v) is 11.1. The molecule has 0 unspecified atom stereocenters. The summed E-state index contributed by atoms with van der Waals surface area (Å²) >= 11 is 11.8. The van der Waals surface area contributed by atoms with Crippen molar-refractivity contribution in [2.45, 2.75) is 16.3 Å². The van der Waals surface area contributed by atoms with E-state index in [2.05, 4.69) is 15.3 Å². The largest absolute Gasteiger partial charge is 0.350 e. The molecule has 0 fully saturated rings. The number of nitrogens with one attached hydrogen (secondary N) is 2. The molecule has 1 amide bonds. The van der Waals surface area contributed by atoms with Gasteiger partial charge in [-0.3, -0.25) is 9.78 Å². The molecule has 9 heteroatoms. The predicted octanol–water partition coefficient (Wildman–Crippen LogP) is 4.63. The van der Waals surface area contributed by atoms with E-state index >= 15 is 0 Å². The molecule has 0 aliphatic carbocycles. The highest BCUT2D eigenvalue weighted by Gasteiger charge is 2.19. The van der Waals surface area contributed by atoms with Gasteiger partial charge in [-0.25, -0.2) is 8.42 Å². The number of benzene rings is 2. The molecule has 2 aromatic carbocycles. The Hall–Kier alpha value is -2.87. The minimum absolute atomic E-state index is 0.0225. The van der Waals surface area contributed by atoms with E-state index in [9.17, 15) is 13.2 Å². The number of hydrogen-bond donors (Lipinski definition) is 2. The minimum Gasteiger partial charge on any atom is -0.350 e. The average molecular weight is 460 g/mol. The van der Waals surface area contributed by atoms with Gasteiger partial charge in [0, 0.05) is 39.9 Å². The second-order valence-electron chi connectivity index (χ2n) is 6.58. The van der Waals surface area contributed by atoms with Crippen LogP contribution in [0, 0.1) is 0 Å². The lowest BCUT2D eigenvalue weighted by Crippen LogP contribution is -2.23. The van der Waals surface area contributed by atoms with Gasteiger partial charge in [0.25, 0.3) is 5.91 Å². The van der Waals surface area contributed by atoms with Crippen LogP contribution in [-0.4, -0.2) is 24.3 Å². The zero-order chi connectivity index (χ0) is 21.3. The maximum Gasteiger partial charge on any atom is 0.267 e. The second kappa shape index (κ2) is 8.10. The number of aromatic nitrogens is 2. The number of pyridine rings is 1. The lowest BCUT2D eigenvalue weighted by Gasteiger charge is -2.08. The van der Waals surface area contributed by atoms with Gasteiger partial charge in [0.15, 0.2) is 0 Å². The molecule has 152 valence electrons. The van der Waals surface area contributed by atoms with E-state index in [4.69, 9.17) is 23.2 Å². The molecule has 0 aliphatic rings. The zero-order valence-corrected chi connectivity index (χ0v) is 17.7. The summed E-state index contributed by atoms with van der Waals surface area (Å²) in [6, 6.07) is 14.0. The number of fused-ring (bicyclic) bond motifs is 1. The van der Waals surface area contributed by atoms with Gasteiger partial charge in [0.2, 0.25) is 9.84 Å². The van der Waals surface area contributed by atoms with E-state index in [-0.39, 0.29) is 32.3 Å². The van der Waals surface area contributed by atoms with Gasteiger partial charge in [0.1, 0.15) is 5.69 Å². The van der Waals surface area contributed by atoms with Gasteiger partial charge < -0.3 is 10.3 Å². The van der Waals surface area contributed by atoms with E-state index in [1.165, 1.54) is 30.3 Å². The van der Waals surface area contributed by atoms with Crippen molar-refractivity contribution in [1.82, 2.24) is 15.3 Å². The van der Waals surface area contributed by atoms with E-state index < -0.39 is 9.84 Å². The van der Waals surface area contributed by atoms with Crippen LogP contribution < -0.4 is 5.32 Å². The number of hydrogen-bond acceptors (Lipinski definition) is 4. The summed E-state index contributed by atoms with van der Waals surface area (Å²) in [5, 5.41) is 4.14. The van der Waals surface area contributed by atoms with Crippen molar-refractivity contribution in [3.05, 3.63) is 88.3 Å². The molecular weight excluding hydrogens is 445 g/mol. The maximum absolute atomic E-state index is 12.8. The molecule has 2 aromatic heterocycles. The number of carbonyl (C=O) groups is 1. The highest BCUT2D eigenvalue weighted by atomic mass is 35.5. The Kier molecular flexibility index (Phi) is 5.51. The topological polar surface area (TPSA) is 91.9 Å². The number of amides is 1. The number of halogens is 2. The third-order valence-corrected chi connectivity index (χ3v) is 6.68. The molecule has 4 rings (SSSR count). The molecule has 2 heterocycles.